The van der Waals surface area contributed by atoms with Crippen LogP contribution >= 0.6 is 0 Å². The Kier molecular flexibility index (Phi) is 6.54. The van der Waals surface area contributed by atoms with Gasteiger partial charge in [-0.1, -0.05) is 12.1 Å². The van der Waals surface area contributed by atoms with Crippen LogP contribution in [0.1, 0.15) is 40.5 Å². The summed E-state index contributed by atoms with van der Waals surface area (Å²) in [6.45, 7) is 4.21. The van der Waals surface area contributed by atoms with E-state index < -0.39 is 5.97 Å². The number of carbonyl (C=O) groups is 2. The Balaban J connectivity index is 1.75. The molecule has 0 bridgehead atoms. The van der Waals surface area contributed by atoms with Crippen molar-refractivity contribution >= 4 is 11.9 Å². The lowest BCUT2D eigenvalue weighted by Gasteiger charge is -2.22. The van der Waals surface area contributed by atoms with Gasteiger partial charge >= 0.3 is 5.97 Å². The third-order valence-electron chi connectivity index (χ3n) is 4.59. The molecule has 2 heterocycles. The first-order valence-electron chi connectivity index (χ1n) is 9.27. The Hall–Kier alpha value is -2.73. The number of hydrogen-bond acceptors (Lipinski definition) is 5. The summed E-state index contributed by atoms with van der Waals surface area (Å²) in [5.74, 6) is -0.0935. The highest BCUT2D eigenvalue weighted by atomic mass is 16.5. The van der Waals surface area contributed by atoms with Crippen molar-refractivity contribution in [1.82, 2.24) is 10.3 Å². The molecule has 1 amide bonds. The monoisotopic (exact) mass is 368 g/mol. The van der Waals surface area contributed by atoms with Gasteiger partial charge in [0.15, 0.2) is 0 Å². The van der Waals surface area contributed by atoms with Crippen molar-refractivity contribution in [1.29, 1.82) is 0 Å². The van der Waals surface area contributed by atoms with E-state index in [9.17, 15) is 9.59 Å². The van der Waals surface area contributed by atoms with E-state index in [0.29, 0.717) is 41.5 Å². The van der Waals surface area contributed by atoms with Gasteiger partial charge in [-0.3, -0.25) is 9.78 Å². The highest BCUT2D eigenvalue weighted by molar-refractivity contribution is 5.98. The molecule has 1 saturated heterocycles. The summed E-state index contributed by atoms with van der Waals surface area (Å²) in [6.07, 6.45) is 3.56. The summed E-state index contributed by atoms with van der Waals surface area (Å²) in [6, 6.07) is 10.5. The Morgan fingerprint density at radius 2 is 2.04 bits per heavy atom. The topological polar surface area (TPSA) is 77.5 Å². The van der Waals surface area contributed by atoms with Gasteiger partial charge in [0.25, 0.3) is 5.91 Å². The molecular weight excluding hydrogens is 344 g/mol. The lowest BCUT2D eigenvalue weighted by atomic mass is 10.00. The maximum atomic E-state index is 12.5. The minimum Gasteiger partial charge on any atom is -0.462 e. The average molecular weight is 368 g/mol. The van der Waals surface area contributed by atoms with Crippen LogP contribution in [0, 0.1) is 5.92 Å². The predicted octanol–water partition coefficient (Wildman–Crippen LogP) is 3.08. The first kappa shape index (κ1) is 19.0. The third kappa shape index (κ3) is 4.92. The molecule has 0 atom stereocenters. The molecule has 0 radical (unpaired) electrons. The normalized spacial score (nSPS) is 14.6. The van der Waals surface area contributed by atoms with E-state index in [-0.39, 0.29) is 5.91 Å². The van der Waals surface area contributed by atoms with Crippen molar-refractivity contribution in [3.8, 4) is 11.3 Å². The predicted molar refractivity (Wildman–Crippen MR) is 102 cm³/mol. The average Bonchev–Trinajstić information content (AvgIpc) is 2.73. The molecule has 1 N–H and O–H groups in total. The lowest BCUT2D eigenvalue weighted by molar-refractivity contribution is 0.0526. The SMILES string of the molecule is CCOC(=O)c1cccnc1-c1cccc(C(=O)NCC2CCOCC2)c1. The zero-order valence-electron chi connectivity index (χ0n) is 15.4. The van der Waals surface area contributed by atoms with E-state index in [2.05, 4.69) is 10.3 Å². The van der Waals surface area contributed by atoms with E-state index >= 15 is 0 Å². The highest BCUT2D eigenvalue weighted by Gasteiger charge is 2.18. The van der Waals surface area contributed by atoms with Crippen LogP contribution in [-0.4, -0.2) is 43.2 Å². The number of nitrogens with one attached hydrogen (secondary N) is 1. The van der Waals surface area contributed by atoms with Gasteiger partial charge in [-0.05, 0) is 49.9 Å². The van der Waals surface area contributed by atoms with Gasteiger partial charge in [-0.15, -0.1) is 0 Å². The molecule has 0 spiro atoms. The van der Waals surface area contributed by atoms with E-state index in [4.69, 9.17) is 9.47 Å². The Morgan fingerprint density at radius 3 is 2.81 bits per heavy atom. The molecule has 0 unspecified atom stereocenters. The van der Waals surface area contributed by atoms with Crippen molar-refractivity contribution in [3.05, 3.63) is 53.7 Å². The van der Waals surface area contributed by atoms with Crippen molar-refractivity contribution in [2.45, 2.75) is 19.8 Å². The van der Waals surface area contributed by atoms with E-state index in [1.165, 1.54) is 0 Å². The summed E-state index contributed by atoms with van der Waals surface area (Å²) in [4.78, 5) is 29.0. The van der Waals surface area contributed by atoms with E-state index in [1.807, 2.05) is 6.07 Å². The third-order valence-corrected chi connectivity index (χ3v) is 4.59. The molecule has 6 nitrogen and oxygen atoms in total. The largest absolute Gasteiger partial charge is 0.462 e. The van der Waals surface area contributed by atoms with Crippen molar-refractivity contribution in [2.75, 3.05) is 26.4 Å². The molecule has 3 rings (SSSR count). The molecule has 1 aliphatic rings. The lowest BCUT2D eigenvalue weighted by Crippen LogP contribution is -2.32. The number of benzene rings is 1. The molecule has 1 aromatic carbocycles. The fraction of sp³-hybridized carbons (Fsp3) is 0.381. The van der Waals surface area contributed by atoms with Crippen LogP contribution in [0.2, 0.25) is 0 Å². The number of rotatable bonds is 6. The Morgan fingerprint density at radius 1 is 1.22 bits per heavy atom. The number of esters is 1. The van der Waals surface area contributed by atoms with Crippen LogP contribution in [0.25, 0.3) is 11.3 Å². The standard InChI is InChI=1S/C21H24N2O4/c1-2-27-21(25)18-7-4-10-22-19(18)16-5-3-6-17(13-16)20(24)23-14-15-8-11-26-12-9-15/h3-7,10,13,15H,2,8-9,11-12,14H2,1H3,(H,23,24). The number of amides is 1. The van der Waals surface area contributed by atoms with Crippen LogP contribution in [-0.2, 0) is 9.47 Å². The van der Waals surface area contributed by atoms with Gasteiger partial charge in [0.05, 0.1) is 17.9 Å². The van der Waals surface area contributed by atoms with E-state index in [1.54, 1.807) is 43.5 Å². The maximum Gasteiger partial charge on any atom is 0.340 e. The number of pyridine rings is 1. The van der Waals surface area contributed by atoms with E-state index in [0.717, 1.165) is 26.1 Å². The van der Waals surface area contributed by atoms with Crippen LogP contribution in [0.5, 0.6) is 0 Å². The first-order valence-corrected chi connectivity index (χ1v) is 9.27. The minimum atomic E-state index is -0.421. The molecule has 1 aliphatic heterocycles. The maximum absolute atomic E-state index is 12.5. The number of hydrogen-bond donors (Lipinski definition) is 1. The molecule has 27 heavy (non-hydrogen) atoms. The number of nitrogens with zero attached hydrogens (tertiary/aromatic N) is 1. The van der Waals surface area contributed by atoms with Crippen LogP contribution in [0.3, 0.4) is 0 Å². The smallest absolute Gasteiger partial charge is 0.340 e. The quantitative estimate of drug-likeness (QED) is 0.793. The number of ether oxygens (including phenoxy) is 2. The molecule has 1 aromatic heterocycles. The zero-order valence-corrected chi connectivity index (χ0v) is 15.4. The van der Waals surface area contributed by atoms with Crippen LogP contribution in [0.4, 0.5) is 0 Å². The van der Waals surface area contributed by atoms with Gasteiger partial charge in [-0.25, -0.2) is 4.79 Å². The molecule has 0 saturated carbocycles. The fourth-order valence-electron chi connectivity index (χ4n) is 3.11. The Bertz CT molecular complexity index is 800. The summed E-state index contributed by atoms with van der Waals surface area (Å²) in [5.41, 5.74) is 2.14. The van der Waals surface area contributed by atoms with Gasteiger partial charge in [0.2, 0.25) is 0 Å². The molecule has 6 heteroatoms. The minimum absolute atomic E-state index is 0.128. The summed E-state index contributed by atoms with van der Waals surface area (Å²) in [5, 5.41) is 3.00. The molecule has 0 aliphatic carbocycles. The summed E-state index contributed by atoms with van der Waals surface area (Å²) < 4.78 is 10.5. The second-order valence-electron chi connectivity index (χ2n) is 6.47. The van der Waals surface area contributed by atoms with Gasteiger partial charge < -0.3 is 14.8 Å². The summed E-state index contributed by atoms with van der Waals surface area (Å²) in [7, 11) is 0. The molecular formula is C21H24N2O4. The van der Waals surface area contributed by atoms with Crippen molar-refractivity contribution in [3.63, 3.8) is 0 Å². The van der Waals surface area contributed by atoms with Crippen molar-refractivity contribution < 1.29 is 19.1 Å². The van der Waals surface area contributed by atoms with Gasteiger partial charge in [-0.2, -0.15) is 0 Å². The second-order valence-corrected chi connectivity index (χ2v) is 6.47. The van der Waals surface area contributed by atoms with Crippen LogP contribution in [0.15, 0.2) is 42.6 Å². The molecule has 2 aromatic rings. The van der Waals surface area contributed by atoms with Crippen molar-refractivity contribution in [2.24, 2.45) is 5.92 Å². The first-order chi connectivity index (χ1) is 13.2. The second kappa shape index (κ2) is 9.28. The Labute approximate surface area is 158 Å². The van der Waals surface area contributed by atoms with Gasteiger partial charge in [0.1, 0.15) is 0 Å². The van der Waals surface area contributed by atoms with Gasteiger partial charge in [0, 0.05) is 37.1 Å². The molecule has 142 valence electrons. The fourth-order valence-corrected chi connectivity index (χ4v) is 3.11. The highest BCUT2D eigenvalue weighted by Crippen LogP contribution is 2.23. The zero-order chi connectivity index (χ0) is 19.1. The molecule has 1 fully saturated rings. The number of aromatic nitrogens is 1. The van der Waals surface area contributed by atoms with Crippen LogP contribution < -0.4 is 5.32 Å². The number of carbonyl (C=O) groups excluding carboxylic acids is 2. The summed E-state index contributed by atoms with van der Waals surface area (Å²) >= 11 is 0.